The van der Waals surface area contributed by atoms with E-state index in [9.17, 15) is 4.79 Å². The first-order valence-corrected chi connectivity index (χ1v) is 2.67. The molecule has 1 aliphatic rings. The molecule has 0 bridgehead atoms. The van der Waals surface area contributed by atoms with Crippen LogP contribution in [0.2, 0.25) is 0 Å². The summed E-state index contributed by atoms with van der Waals surface area (Å²) < 4.78 is 4.35. The van der Waals surface area contributed by atoms with Crippen LogP contribution in [0.4, 0.5) is 4.79 Å². The van der Waals surface area contributed by atoms with Crippen molar-refractivity contribution < 1.29 is 9.53 Å². The van der Waals surface area contributed by atoms with Crippen molar-refractivity contribution in [2.75, 3.05) is 7.11 Å². The molecule has 3 nitrogen and oxygen atoms in total. The van der Waals surface area contributed by atoms with Crippen LogP contribution >= 0.6 is 12.4 Å². The highest BCUT2D eigenvalue weighted by Crippen LogP contribution is 2.18. The Labute approximate surface area is 60.2 Å². The second-order valence-corrected chi connectivity index (χ2v) is 1.91. The minimum Gasteiger partial charge on any atom is -0.453 e. The molecule has 1 amide bonds. The molecule has 1 aliphatic carbocycles. The zero-order valence-corrected chi connectivity index (χ0v) is 6.03. The number of hydrogen-bond donors (Lipinski definition) is 1. The number of hydrogen-bond acceptors (Lipinski definition) is 2. The maximum atomic E-state index is 10.3. The molecule has 4 heteroatoms. The van der Waals surface area contributed by atoms with Gasteiger partial charge in [-0.3, -0.25) is 0 Å². The molecule has 1 fully saturated rings. The molecule has 0 atom stereocenters. The number of nitrogens with one attached hydrogen (secondary N) is 1. The summed E-state index contributed by atoms with van der Waals surface area (Å²) >= 11 is 0. The van der Waals surface area contributed by atoms with Gasteiger partial charge in [-0.15, -0.1) is 12.4 Å². The number of halogens is 1. The molecule has 0 radical (unpaired) electrons. The molecule has 0 aromatic heterocycles. The molecular formula is C5H10ClNO2. The average molecular weight is 152 g/mol. The SMILES string of the molecule is COC(=O)NC1CC1.Cl. The standard InChI is InChI=1S/C5H9NO2.ClH/c1-8-5(7)6-4-2-3-4;/h4H,2-3H2,1H3,(H,6,7);1H. The summed E-state index contributed by atoms with van der Waals surface area (Å²) in [6.45, 7) is 0. The van der Waals surface area contributed by atoms with Crippen LogP contribution in [0.3, 0.4) is 0 Å². The van der Waals surface area contributed by atoms with Gasteiger partial charge < -0.3 is 10.1 Å². The first kappa shape index (κ1) is 8.56. The maximum absolute atomic E-state index is 10.3. The normalized spacial score (nSPS) is 15.7. The monoisotopic (exact) mass is 151 g/mol. The molecule has 0 aromatic rings. The molecule has 0 heterocycles. The summed E-state index contributed by atoms with van der Waals surface area (Å²) in [5, 5.41) is 2.64. The van der Waals surface area contributed by atoms with Crippen molar-refractivity contribution in [2.24, 2.45) is 0 Å². The fourth-order valence-electron chi connectivity index (χ4n) is 0.453. The molecule has 0 unspecified atom stereocenters. The summed E-state index contributed by atoms with van der Waals surface area (Å²) in [5.41, 5.74) is 0. The molecule has 0 saturated heterocycles. The topological polar surface area (TPSA) is 38.3 Å². The highest BCUT2D eigenvalue weighted by atomic mass is 35.5. The lowest BCUT2D eigenvalue weighted by Gasteiger charge is -1.97. The number of alkyl carbamates (subject to hydrolysis) is 1. The third kappa shape index (κ3) is 3.19. The zero-order valence-electron chi connectivity index (χ0n) is 5.22. The summed E-state index contributed by atoms with van der Waals surface area (Å²) in [4.78, 5) is 10.3. The van der Waals surface area contributed by atoms with E-state index in [4.69, 9.17) is 0 Å². The van der Waals surface area contributed by atoms with Crippen molar-refractivity contribution >= 4 is 18.5 Å². The molecule has 1 N–H and O–H groups in total. The molecule has 54 valence electrons. The van der Waals surface area contributed by atoms with Crippen LogP contribution in [0.15, 0.2) is 0 Å². The highest BCUT2D eigenvalue weighted by molar-refractivity contribution is 5.85. The van der Waals surface area contributed by atoms with Gasteiger partial charge in [0.25, 0.3) is 0 Å². The van der Waals surface area contributed by atoms with E-state index in [2.05, 4.69) is 10.1 Å². The largest absolute Gasteiger partial charge is 0.453 e. The van der Waals surface area contributed by atoms with Crippen molar-refractivity contribution in [1.29, 1.82) is 0 Å². The van der Waals surface area contributed by atoms with Crippen molar-refractivity contribution in [3.05, 3.63) is 0 Å². The Kier molecular flexibility index (Phi) is 3.39. The fraction of sp³-hybridized carbons (Fsp3) is 0.800. The van der Waals surface area contributed by atoms with Crippen molar-refractivity contribution in [3.8, 4) is 0 Å². The number of amides is 1. The Morgan fingerprint density at radius 1 is 1.67 bits per heavy atom. The first-order chi connectivity index (χ1) is 3.83. The Hall–Kier alpha value is -0.440. The number of carbonyl (C=O) groups is 1. The van der Waals surface area contributed by atoms with Gasteiger partial charge in [0, 0.05) is 6.04 Å². The van der Waals surface area contributed by atoms with Crippen LogP contribution in [0.25, 0.3) is 0 Å². The molecule has 1 saturated carbocycles. The smallest absolute Gasteiger partial charge is 0.407 e. The Bertz CT molecular complexity index is 103. The minimum absolute atomic E-state index is 0. The lowest BCUT2D eigenvalue weighted by atomic mass is 10.7. The number of ether oxygens (including phenoxy) is 1. The molecular weight excluding hydrogens is 142 g/mol. The number of carbonyl (C=O) groups excluding carboxylic acids is 1. The maximum Gasteiger partial charge on any atom is 0.407 e. The van der Waals surface area contributed by atoms with Gasteiger partial charge in [-0.25, -0.2) is 4.79 Å². The van der Waals surface area contributed by atoms with Gasteiger partial charge in [0.1, 0.15) is 0 Å². The second-order valence-electron chi connectivity index (χ2n) is 1.91. The lowest BCUT2D eigenvalue weighted by molar-refractivity contribution is 0.170. The van der Waals surface area contributed by atoms with E-state index in [1.54, 1.807) is 0 Å². The predicted octanol–water partition coefficient (Wildman–Crippen LogP) is 0.927. The van der Waals surface area contributed by atoms with Gasteiger partial charge in [-0.05, 0) is 12.8 Å². The number of methoxy groups -OCH3 is 1. The van der Waals surface area contributed by atoms with Crippen molar-refractivity contribution in [1.82, 2.24) is 5.32 Å². The van der Waals surface area contributed by atoms with Crippen molar-refractivity contribution in [2.45, 2.75) is 18.9 Å². The van der Waals surface area contributed by atoms with Crippen LogP contribution in [0.5, 0.6) is 0 Å². The predicted molar refractivity (Wildman–Crippen MR) is 35.8 cm³/mol. The summed E-state index contributed by atoms with van der Waals surface area (Å²) in [6, 6.07) is 0.405. The van der Waals surface area contributed by atoms with Gasteiger partial charge in [0.15, 0.2) is 0 Å². The van der Waals surface area contributed by atoms with Crippen LogP contribution in [-0.4, -0.2) is 19.2 Å². The van der Waals surface area contributed by atoms with E-state index in [1.807, 2.05) is 0 Å². The van der Waals surface area contributed by atoms with Crippen LogP contribution in [0, 0.1) is 0 Å². The summed E-state index contributed by atoms with van der Waals surface area (Å²) in [5.74, 6) is 0. The van der Waals surface area contributed by atoms with E-state index < -0.39 is 0 Å². The van der Waals surface area contributed by atoms with E-state index in [0.29, 0.717) is 6.04 Å². The quantitative estimate of drug-likeness (QED) is 0.606. The van der Waals surface area contributed by atoms with Crippen LogP contribution in [-0.2, 0) is 4.74 Å². The molecule has 0 aliphatic heterocycles. The summed E-state index contributed by atoms with van der Waals surface area (Å²) in [7, 11) is 1.37. The van der Waals surface area contributed by atoms with E-state index >= 15 is 0 Å². The van der Waals surface area contributed by atoms with Gasteiger partial charge in [0.2, 0.25) is 0 Å². The zero-order chi connectivity index (χ0) is 5.98. The van der Waals surface area contributed by atoms with Crippen molar-refractivity contribution in [3.63, 3.8) is 0 Å². The van der Waals surface area contributed by atoms with Gasteiger partial charge in [-0.1, -0.05) is 0 Å². The van der Waals surface area contributed by atoms with Crippen LogP contribution in [0.1, 0.15) is 12.8 Å². The molecule has 0 aromatic carbocycles. The van der Waals surface area contributed by atoms with Gasteiger partial charge in [-0.2, -0.15) is 0 Å². The van der Waals surface area contributed by atoms with E-state index in [0.717, 1.165) is 12.8 Å². The Morgan fingerprint density at radius 2 is 2.22 bits per heavy atom. The molecule has 9 heavy (non-hydrogen) atoms. The van der Waals surface area contributed by atoms with E-state index in [-0.39, 0.29) is 18.5 Å². The Morgan fingerprint density at radius 3 is 2.56 bits per heavy atom. The molecule has 1 rings (SSSR count). The second kappa shape index (κ2) is 3.56. The van der Waals surface area contributed by atoms with Gasteiger partial charge in [0.05, 0.1) is 7.11 Å². The minimum atomic E-state index is -0.312. The number of rotatable bonds is 1. The molecule has 0 spiro atoms. The Balaban J connectivity index is 0.000000640. The van der Waals surface area contributed by atoms with Gasteiger partial charge >= 0.3 is 6.09 Å². The first-order valence-electron chi connectivity index (χ1n) is 2.67. The fourth-order valence-corrected chi connectivity index (χ4v) is 0.453. The average Bonchev–Trinajstić information content (AvgIpc) is 2.50. The third-order valence-corrected chi connectivity index (χ3v) is 1.08. The lowest BCUT2D eigenvalue weighted by Crippen LogP contribution is -2.24. The third-order valence-electron chi connectivity index (χ3n) is 1.08. The highest BCUT2D eigenvalue weighted by Gasteiger charge is 2.23. The van der Waals surface area contributed by atoms with Crippen LogP contribution < -0.4 is 5.32 Å². The summed E-state index contributed by atoms with van der Waals surface area (Å²) in [6.07, 6.45) is 1.90. The van der Waals surface area contributed by atoms with E-state index in [1.165, 1.54) is 7.11 Å².